The van der Waals surface area contributed by atoms with E-state index < -0.39 is 4.92 Å². The number of para-hydroxylation sites is 2. The summed E-state index contributed by atoms with van der Waals surface area (Å²) in [7, 11) is 1.46. The predicted molar refractivity (Wildman–Crippen MR) is 111 cm³/mol. The van der Waals surface area contributed by atoms with E-state index in [2.05, 4.69) is 0 Å². The summed E-state index contributed by atoms with van der Waals surface area (Å²) in [5, 5.41) is 11.5. The van der Waals surface area contributed by atoms with Crippen LogP contribution in [0.3, 0.4) is 0 Å². The van der Waals surface area contributed by atoms with Gasteiger partial charge in [-0.25, -0.2) is 0 Å². The third-order valence-corrected chi connectivity index (χ3v) is 4.86. The number of hydrogen-bond donors (Lipinski definition) is 1. The van der Waals surface area contributed by atoms with E-state index in [0.29, 0.717) is 48.9 Å². The highest BCUT2D eigenvalue weighted by Crippen LogP contribution is 2.31. The number of nitrogens with two attached hydrogens (primary N) is 1. The first-order valence-corrected chi connectivity index (χ1v) is 8.71. The van der Waals surface area contributed by atoms with Crippen LogP contribution in [-0.2, 0) is 0 Å². The molecule has 2 aromatic rings. The third-order valence-electron chi connectivity index (χ3n) is 4.54. The lowest BCUT2D eigenvalue weighted by molar-refractivity contribution is -0.384. The minimum absolute atomic E-state index is 0. The van der Waals surface area contributed by atoms with E-state index in [1.165, 1.54) is 25.3 Å². The number of halogens is 2. The maximum atomic E-state index is 12.9. The summed E-state index contributed by atoms with van der Waals surface area (Å²) in [5.74, 6) is 0.152. The molecule has 0 aliphatic carbocycles. The van der Waals surface area contributed by atoms with E-state index in [4.69, 9.17) is 22.1 Å². The molecule has 0 atom stereocenters. The zero-order chi connectivity index (χ0) is 19.6. The van der Waals surface area contributed by atoms with Crippen LogP contribution in [0, 0.1) is 10.1 Å². The van der Waals surface area contributed by atoms with Crippen molar-refractivity contribution in [1.29, 1.82) is 0 Å². The molecule has 1 heterocycles. The van der Waals surface area contributed by atoms with E-state index in [1.54, 1.807) is 23.1 Å². The van der Waals surface area contributed by atoms with Gasteiger partial charge in [0.15, 0.2) is 0 Å². The molecule has 1 amide bonds. The van der Waals surface area contributed by atoms with E-state index >= 15 is 0 Å². The molecule has 0 radical (unpaired) electrons. The van der Waals surface area contributed by atoms with Gasteiger partial charge in [0.25, 0.3) is 11.6 Å². The number of nitrogens with zero attached hydrogens (tertiary/aromatic N) is 3. The summed E-state index contributed by atoms with van der Waals surface area (Å²) in [6.07, 6.45) is 0. The first-order valence-electron chi connectivity index (χ1n) is 8.33. The molecule has 0 bridgehead atoms. The Hall–Kier alpha value is -2.71. The van der Waals surface area contributed by atoms with E-state index in [-0.39, 0.29) is 29.0 Å². The molecule has 1 saturated heterocycles. The van der Waals surface area contributed by atoms with Crippen molar-refractivity contribution in [3.63, 3.8) is 0 Å². The smallest absolute Gasteiger partial charge is 0.292 e. The Bertz CT molecular complexity index is 886. The monoisotopic (exact) mass is 426 g/mol. The summed E-state index contributed by atoms with van der Waals surface area (Å²) in [6.45, 7) is 1.83. The van der Waals surface area contributed by atoms with Crippen molar-refractivity contribution in [2.45, 2.75) is 0 Å². The maximum Gasteiger partial charge on any atom is 0.292 e. The zero-order valence-electron chi connectivity index (χ0n) is 15.1. The molecule has 0 saturated carbocycles. The molecular formula is C18H20Cl2N4O4. The van der Waals surface area contributed by atoms with Gasteiger partial charge < -0.3 is 20.3 Å². The molecule has 2 N–H and O–H groups in total. The molecule has 150 valence electrons. The van der Waals surface area contributed by atoms with Crippen molar-refractivity contribution in [2.75, 3.05) is 43.9 Å². The highest BCUT2D eigenvalue weighted by Gasteiger charge is 2.27. The standard InChI is InChI=1S/C18H19ClN4O4.ClH/c1-27-17-11-14(20)13(19)10-12(17)18(24)22-8-6-21(7-9-22)15-4-2-3-5-16(15)23(25)26;/h2-5,10-11H,6-9,20H2,1H3;1H. The fourth-order valence-electron chi connectivity index (χ4n) is 3.11. The number of nitrogen functional groups attached to an aromatic ring is 1. The lowest BCUT2D eigenvalue weighted by atomic mass is 10.1. The van der Waals surface area contributed by atoms with Crippen LogP contribution in [0.25, 0.3) is 0 Å². The van der Waals surface area contributed by atoms with Crippen molar-refractivity contribution in [3.05, 3.63) is 57.1 Å². The van der Waals surface area contributed by atoms with Crippen LogP contribution in [0.15, 0.2) is 36.4 Å². The molecule has 1 aliphatic rings. The maximum absolute atomic E-state index is 12.9. The van der Waals surface area contributed by atoms with Crippen LogP contribution >= 0.6 is 24.0 Å². The van der Waals surface area contributed by atoms with Gasteiger partial charge in [0, 0.05) is 38.3 Å². The van der Waals surface area contributed by atoms with Crippen molar-refractivity contribution < 1.29 is 14.5 Å². The number of piperazine rings is 1. The van der Waals surface area contributed by atoms with Crippen molar-refractivity contribution in [3.8, 4) is 5.75 Å². The SMILES string of the molecule is COc1cc(N)c(Cl)cc1C(=O)N1CCN(c2ccccc2[N+](=O)[O-])CC1.Cl. The van der Waals surface area contributed by atoms with E-state index in [9.17, 15) is 14.9 Å². The van der Waals surface area contributed by atoms with Crippen LogP contribution in [0.1, 0.15) is 10.4 Å². The van der Waals surface area contributed by atoms with Crippen LogP contribution in [0.5, 0.6) is 5.75 Å². The normalized spacial score (nSPS) is 13.6. The first kappa shape index (κ1) is 21.6. The highest BCUT2D eigenvalue weighted by molar-refractivity contribution is 6.33. The van der Waals surface area contributed by atoms with Gasteiger partial charge in [-0.15, -0.1) is 12.4 Å². The minimum Gasteiger partial charge on any atom is -0.496 e. The first-order chi connectivity index (χ1) is 12.9. The van der Waals surface area contributed by atoms with Gasteiger partial charge in [-0.3, -0.25) is 14.9 Å². The lowest BCUT2D eigenvalue weighted by Gasteiger charge is -2.36. The van der Waals surface area contributed by atoms with Gasteiger partial charge in [-0.2, -0.15) is 0 Å². The Morgan fingerprint density at radius 1 is 1.21 bits per heavy atom. The number of carbonyl (C=O) groups is 1. The van der Waals surface area contributed by atoms with Gasteiger partial charge in [-0.1, -0.05) is 23.7 Å². The van der Waals surface area contributed by atoms with Crippen molar-refractivity contribution in [1.82, 2.24) is 4.90 Å². The average molecular weight is 427 g/mol. The fourth-order valence-corrected chi connectivity index (χ4v) is 3.28. The molecule has 28 heavy (non-hydrogen) atoms. The summed E-state index contributed by atoms with van der Waals surface area (Å²) < 4.78 is 5.25. The molecule has 1 fully saturated rings. The number of nitro groups is 1. The quantitative estimate of drug-likeness (QED) is 0.457. The highest BCUT2D eigenvalue weighted by atomic mass is 35.5. The lowest BCUT2D eigenvalue weighted by Crippen LogP contribution is -2.49. The molecule has 1 aliphatic heterocycles. The van der Waals surface area contributed by atoms with Crippen LogP contribution in [0.2, 0.25) is 5.02 Å². The molecule has 0 aromatic heterocycles. The van der Waals surface area contributed by atoms with Gasteiger partial charge in [0.2, 0.25) is 0 Å². The summed E-state index contributed by atoms with van der Waals surface area (Å²) in [5.41, 5.74) is 7.07. The number of nitro benzene ring substituents is 1. The van der Waals surface area contributed by atoms with Crippen LogP contribution < -0.4 is 15.4 Å². The van der Waals surface area contributed by atoms with Crippen LogP contribution in [-0.4, -0.2) is 49.0 Å². The van der Waals surface area contributed by atoms with Crippen molar-refractivity contribution >= 4 is 47.0 Å². The number of amides is 1. The largest absolute Gasteiger partial charge is 0.496 e. The number of benzene rings is 2. The Balaban J connectivity index is 0.00000280. The number of anilines is 2. The fraction of sp³-hybridized carbons (Fsp3) is 0.278. The van der Waals surface area contributed by atoms with Gasteiger partial charge in [-0.05, 0) is 12.1 Å². The molecule has 10 heteroatoms. The number of hydrogen-bond acceptors (Lipinski definition) is 6. The number of rotatable bonds is 4. The summed E-state index contributed by atoms with van der Waals surface area (Å²) in [6, 6.07) is 9.64. The Kier molecular flexibility index (Phi) is 6.93. The van der Waals surface area contributed by atoms with Gasteiger partial charge in [0.05, 0.1) is 28.3 Å². The predicted octanol–water partition coefficient (Wildman–Crippen LogP) is 3.22. The number of methoxy groups -OCH3 is 1. The molecule has 3 rings (SSSR count). The van der Waals surface area contributed by atoms with E-state index in [1.807, 2.05) is 4.90 Å². The number of ether oxygens (including phenoxy) is 1. The van der Waals surface area contributed by atoms with Gasteiger partial charge in [0.1, 0.15) is 11.4 Å². The molecule has 0 spiro atoms. The second-order valence-corrected chi connectivity index (χ2v) is 6.51. The second kappa shape index (κ2) is 8.99. The minimum atomic E-state index is -0.395. The zero-order valence-corrected chi connectivity index (χ0v) is 16.7. The number of carbonyl (C=O) groups excluding carboxylic acids is 1. The molecule has 2 aromatic carbocycles. The Morgan fingerprint density at radius 2 is 1.86 bits per heavy atom. The topological polar surface area (TPSA) is 102 Å². The third kappa shape index (κ3) is 4.23. The summed E-state index contributed by atoms with van der Waals surface area (Å²) >= 11 is 6.05. The Morgan fingerprint density at radius 3 is 2.46 bits per heavy atom. The van der Waals surface area contributed by atoms with Crippen LogP contribution in [0.4, 0.5) is 17.1 Å². The van der Waals surface area contributed by atoms with Gasteiger partial charge >= 0.3 is 0 Å². The average Bonchev–Trinajstić information content (AvgIpc) is 2.69. The Labute approximate surface area is 173 Å². The molecular weight excluding hydrogens is 407 g/mol. The molecule has 8 nitrogen and oxygen atoms in total. The summed E-state index contributed by atoms with van der Waals surface area (Å²) in [4.78, 5) is 27.3. The van der Waals surface area contributed by atoms with Crippen molar-refractivity contribution in [2.24, 2.45) is 0 Å². The molecule has 0 unspecified atom stereocenters. The second-order valence-electron chi connectivity index (χ2n) is 6.10. The van der Waals surface area contributed by atoms with E-state index in [0.717, 1.165) is 0 Å².